The summed E-state index contributed by atoms with van der Waals surface area (Å²) in [6.45, 7) is 6.66. The molecule has 7 heteroatoms. The van der Waals surface area contributed by atoms with Crippen molar-refractivity contribution < 1.29 is 19.1 Å². The third kappa shape index (κ3) is 3.74. The molecule has 3 rings (SSSR count). The van der Waals surface area contributed by atoms with Gasteiger partial charge in [-0.05, 0) is 50.6 Å². The maximum absolute atomic E-state index is 12.6. The number of aromatic nitrogens is 2. The topological polar surface area (TPSA) is 85.4 Å². The molecule has 0 aliphatic heterocycles. The van der Waals surface area contributed by atoms with E-state index in [0.717, 1.165) is 16.7 Å². The summed E-state index contributed by atoms with van der Waals surface area (Å²) in [5, 5.41) is 4.02. The molecule has 1 amide bonds. The zero-order valence-electron chi connectivity index (χ0n) is 16.6. The van der Waals surface area contributed by atoms with E-state index in [1.807, 2.05) is 30.5 Å². The van der Waals surface area contributed by atoms with E-state index in [9.17, 15) is 9.59 Å². The van der Waals surface area contributed by atoms with Crippen LogP contribution >= 0.6 is 0 Å². The first-order valence-corrected chi connectivity index (χ1v) is 9.23. The van der Waals surface area contributed by atoms with Crippen LogP contribution in [0.1, 0.15) is 39.0 Å². The molecule has 2 aromatic heterocycles. The number of hydrogen-bond donors (Lipinski definition) is 2. The van der Waals surface area contributed by atoms with Crippen LogP contribution in [0.3, 0.4) is 0 Å². The Balaban J connectivity index is 1.67. The lowest BCUT2D eigenvalue weighted by atomic mass is 10.1. The van der Waals surface area contributed by atoms with Crippen molar-refractivity contribution in [3.63, 3.8) is 0 Å². The molecule has 0 aliphatic rings. The molecular weight excluding hydrogens is 358 g/mol. The molecule has 0 unspecified atom stereocenters. The van der Waals surface area contributed by atoms with E-state index in [-0.39, 0.29) is 12.5 Å². The highest BCUT2D eigenvalue weighted by atomic mass is 16.5. The number of carbonyl (C=O) groups excluding carboxylic acids is 2. The summed E-state index contributed by atoms with van der Waals surface area (Å²) in [6, 6.07) is 7.92. The Morgan fingerprint density at radius 1 is 1.21 bits per heavy atom. The highest BCUT2D eigenvalue weighted by Gasteiger charge is 2.22. The van der Waals surface area contributed by atoms with Crippen LogP contribution < -0.4 is 10.1 Å². The van der Waals surface area contributed by atoms with Crippen LogP contribution in [0.25, 0.3) is 10.9 Å². The number of hydrogen-bond acceptors (Lipinski definition) is 4. The number of carbonyl (C=O) groups is 2. The molecule has 7 nitrogen and oxygen atoms in total. The fraction of sp³-hybridized carbons (Fsp3) is 0.333. The largest absolute Gasteiger partial charge is 0.497 e. The second-order valence-electron chi connectivity index (χ2n) is 6.54. The Labute approximate surface area is 163 Å². The number of methoxy groups -OCH3 is 1. The normalized spacial score (nSPS) is 10.9. The standard InChI is InChI=1S/C21H25N3O4/c1-5-28-21(26)19-13(2)18(14(3)23-19)20(25)22-9-11-24-10-8-15-12-16(27-4)6-7-17(15)24/h6-8,10,12,23H,5,9,11H2,1-4H3,(H,22,25). The summed E-state index contributed by atoms with van der Waals surface area (Å²) in [5.41, 5.74) is 3.15. The van der Waals surface area contributed by atoms with Crippen LogP contribution in [0.2, 0.25) is 0 Å². The zero-order chi connectivity index (χ0) is 20.3. The first-order valence-electron chi connectivity index (χ1n) is 9.23. The number of amides is 1. The van der Waals surface area contributed by atoms with E-state index < -0.39 is 5.97 Å². The smallest absolute Gasteiger partial charge is 0.355 e. The molecule has 0 radical (unpaired) electrons. The minimum atomic E-state index is -0.448. The molecule has 1 aromatic carbocycles. The van der Waals surface area contributed by atoms with Crippen LogP contribution in [-0.2, 0) is 11.3 Å². The highest BCUT2D eigenvalue weighted by Crippen LogP contribution is 2.22. The molecule has 0 atom stereocenters. The van der Waals surface area contributed by atoms with Crippen molar-refractivity contribution in [2.24, 2.45) is 0 Å². The van der Waals surface area contributed by atoms with Crippen molar-refractivity contribution in [3.8, 4) is 5.75 Å². The Kier molecular flexibility index (Phi) is 5.73. The van der Waals surface area contributed by atoms with Crippen LogP contribution in [0.4, 0.5) is 0 Å². The number of rotatable bonds is 7. The van der Waals surface area contributed by atoms with Crippen LogP contribution in [0, 0.1) is 13.8 Å². The summed E-state index contributed by atoms with van der Waals surface area (Å²) >= 11 is 0. The maximum atomic E-state index is 12.6. The number of esters is 1. The molecule has 0 aliphatic carbocycles. The Morgan fingerprint density at radius 2 is 2.00 bits per heavy atom. The maximum Gasteiger partial charge on any atom is 0.355 e. The van der Waals surface area contributed by atoms with Crippen LogP contribution in [-0.4, -0.2) is 41.7 Å². The minimum Gasteiger partial charge on any atom is -0.497 e. The molecule has 2 N–H and O–H groups in total. The number of benzene rings is 1. The number of aromatic amines is 1. The van der Waals surface area contributed by atoms with Gasteiger partial charge >= 0.3 is 5.97 Å². The molecule has 3 aromatic rings. The van der Waals surface area contributed by atoms with Gasteiger partial charge in [0.15, 0.2) is 0 Å². The van der Waals surface area contributed by atoms with Gasteiger partial charge in [-0.25, -0.2) is 4.79 Å². The van der Waals surface area contributed by atoms with E-state index in [0.29, 0.717) is 35.6 Å². The lowest BCUT2D eigenvalue weighted by Gasteiger charge is -2.09. The van der Waals surface area contributed by atoms with Gasteiger partial charge in [0.2, 0.25) is 0 Å². The highest BCUT2D eigenvalue weighted by molar-refractivity contribution is 6.01. The molecule has 0 fully saturated rings. The zero-order valence-corrected chi connectivity index (χ0v) is 16.6. The van der Waals surface area contributed by atoms with Crippen molar-refractivity contribution in [1.29, 1.82) is 0 Å². The molecular formula is C21H25N3O4. The molecule has 0 bridgehead atoms. The van der Waals surface area contributed by atoms with E-state index in [1.54, 1.807) is 27.9 Å². The summed E-state index contributed by atoms with van der Waals surface area (Å²) < 4.78 is 12.4. The van der Waals surface area contributed by atoms with E-state index in [2.05, 4.69) is 14.9 Å². The van der Waals surface area contributed by atoms with E-state index in [1.165, 1.54) is 0 Å². The van der Waals surface area contributed by atoms with Gasteiger partial charge in [0.05, 0.1) is 19.3 Å². The van der Waals surface area contributed by atoms with Gasteiger partial charge in [-0.1, -0.05) is 0 Å². The predicted molar refractivity (Wildman–Crippen MR) is 107 cm³/mol. The van der Waals surface area contributed by atoms with Gasteiger partial charge in [-0.3, -0.25) is 4.79 Å². The molecule has 0 saturated heterocycles. The van der Waals surface area contributed by atoms with Gasteiger partial charge in [0, 0.05) is 35.9 Å². The van der Waals surface area contributed by atoms with Gasteiger partial charge < -0.3 is 24.3 Å². The first kappa shape index (κ1) is 19.5. The summed E-state index contributed by atoms with van der Waals surface area (Å²) in [5.74, 6) is 0.158. The number of nitrogens with zero attached hydrogens (tertiary/aromatic N) is 1. The third-order valence-corrected chi connectivity index (χ3v) is 4.76. The summed E-state index contributed by atoms with van der Waals surface area (Å²) in [6.07, 6.45) is 1.99. The third-order valence-electron chi connectivity index (χ3n) is 4.76. The number of nitrogens with one attached hydrogen (secondary N) is 2. The van der Waals surface area contributed by atoms with Crippen molar-refractivity contribution in [2.45, 2.75) is 27.3 Å². The average Bonchev–Trinajstić information content (AvgIpc) is 3.21. The van der Waals surface area contributed by atoms with E-state index in [4.69, 9.17) is 9.47 Å². The lowest BCUT2D eigenvalue weighted by molar-refractivity contribution is 0.0519. The second kappa shape index (κ2) is 8.21. The monoisotopic (exact) mass is 383 g/mol. The molecule has 28 heavy (non-hydrogen) atoms. The Bertz CT molecular complexity index is 1020. The fourth-order valence-corrected chi connectivity index (χ4v) is 3.38. The number of fused-ring (bicyclic) bond motifs is 1. The SMILES string of the molecule is CCOC(=O)c1[nH]c(C)c(C(=O)NCCn2ccc3cc(OC)ccc32)c1C. The summed E-state index contributed by atoms with van der Waals surface area (Å²) in [4.78, 5) is 27.6. The van der Waals surface area contributed by atoms with Crippen molar-refractivity contribution in [1.82, 2.24) is 14.9 Å². The van der Waals surface area contributed by atoms with Gasteiger partial charge in [-0.2, -0.15) is 0 Å². The predicted octanol–water partition coefficient (Wildman–Crippen LogP) is 3.20. The Hall–Kier alpha value is -3.22. The number of aryl methyl sites for hydroxylation is 1. The molecule has 148 valence electrons. The molecule has 2 heterocycles. The van der Waals surface area contributed by atoms with Crippen LogP contribution in [0.5, 0.6) is 5.75 Å². The first-order chi connectivity index (χ1) is 13.5. The van der Waals surface area contributed by atoms with Crippen molar-refractivity contribution in [3.05, 3.63) is 53.0 Å². The lowest BCUT2D eigenvalue weighted by Crippen LogP contribution is -2.28. The number of H-pyrrole nitrogens is 1. The minimum absolute atomic E-state index is 0.208. The molecule has 0 saturated carbocycles. The quantitative estimate of drug-likeness (QED) is 0.614. The van der Waals surface area contributed by atoms with Crippen molar-refractivity contribution >= 4 is 22.8 Å². The fourth-order valence-electron chi connectivity index (χ4n) is 3.38. The van der Waals surface area contributed by atoms with Gasteiger partial charge in [0.25, 0.3) is 5.91 Å². The summed E-state index contributed by atoms with van der Waals surface area (Å²) in [7, 11) is 1.64. The average molecular weight is 383 g/mol. The van der Waals surface area contributed by atoms with Crippen LogP contribution in [0.15, 0.2) is 30.5 Å². The van der Waals surface area contributed by atoms with E-state index >= 15 is 0 Å². The second-order valence-corrected chi connectivity index (χ2v) is 6.54. The van der Waals surface area contributed by atoms with Gasteiger partial charge in [-0.15, -0.1) is 0 Å². The van der Waals surface area contributed by atoms with Gasteiger partial charge in [0.1, 0.15) is 11.4 Å². The van der Waals surface area contributed by atoms with Crippen molar-refractivity contribution in [2.75, 3.05) is 20.3 Å². The number of ether oxygens (including phenoxy) is 2. The Morgan fingerprint density at radius 3 is 2.71 bits per heavy atom. The molecule has 0 spiro atoms.